The summed E-state index contributed by atoms with van der Waals surface area (Å²) in [7, 11) is 3.86. The lowest BCUT2D eigenvalue weighted by Crippen LogP contribution is -2.48. The van der Waals surface area contributed by atoms with E-state index in [9.17, 15) is 4.79 Å². The lowest BCUT2D eigenvalue weighted by atomic mass is 10.0. The molecule has 3 heterocycles. The first-order valence-electron chi connectivity index (χ1n) is 14.5. The second-order valence-electron chi connectivity index (χ2n) is 10.4. The fourth-order valence-corrected chi connectivity index (χ4v) is 4.97. The Hall–Kier alpha value is -3.37. The summed E-state index contributed by atoms with van der Waals surface area (Å²) in [5.74, 6) is 2.40. The van der Waals surface area contributed by atoms with Gasteiger partial charge in [-0.3, -0.25) is 14.7 Å². The summed E-state index contributed by atoms with van der Waals surface area (Å²) >= 11 is 0. The van der Waals surface area contributed by atoms with E-state index in [-0.39, 0.29) is 11.9 Å². The molecule has 0 radical (unpaired) electrons. The molecule has 2 N–H and O–H groups in total. The number of benzene rings is 1. The van der Waals surface area contributed by atoms with Gasteiger partial charge in [0.15, 0.2) is 11.6 Å². The van der Waals surface area contributed by atoms with E-state index in [1.807, 2.05) is 26.2 Å². The molecule has 1 aliphatic heterocycles. The van der Waals surface area contributed by atoms with E-state index in [1.54, 1.807) is 18.6 Å². The monoisotopic (exact) mass is 549 g/mol. The number of rotatable bonds is 14. The number of anilines is 1. The third kappa shape index (κ3) is 7.63. The molecule has 10 nitrogen and oxygen atoms in total. The van der Waals surface area contributed by atoms with E-state index in [0.29, 0.717) is 55.2 Å². The lowest BCUT2D eigenvalue weighted by Gasteiger charge is -2.31. The minimum atomic E-state index is -0.0208. The normalized spacial score (nSPS) is 16.6. The molecule has 1 aromatic carbocycles. The van der Waals surface area contributed by atoms with Gasteiger partial charge in [-0.25, -0.2) is 15.0 Å². The summed E-state index contributed by atoms with van der Waals surface area (Å²) in [6, 6.07) is 3.90. The van der Waals surface area contributed by atoms with Crippen LogP contribution in [0.2, 0.25) is 0 Å². The number of hydrogen-bond acceptors (Lipinski definition) is 9. The van der Waals surface area contributed by atoms with E-state index >= 15 is 0 Å². The van der Waals surface area contributed by atoms with Gasteiger partial charge in [0.05, 0.1) is 24.4 Å². The van der Waals surface area contributed by atoms with Crippen LogP contribution in [0, 0.1) is 5.92 Å². The van der Waals surface area contributed by atoms with E-state index in [4.69, 9.17) is 14.5 Å². The van der Waals surface area contributed by atoms with Crippen LogP contribution in [0.15, 0.2) is 30.7 Å². The Morgan fingerprint density at radius 1 is 1.12 bits per heavy atom. The highest BCUT2D eigenvalue weighted by Gasteiger charge is 2.26. The molecule has 1 amide bonds. The van der Waals surface area contributed by atoms with Crippen LogP contribution in [-0.2, 0) is 16.1 Å². The smallest absolute Gasteiger partial charge is 0.237 e. The van der Waals surface area contributed by atoms with Gasteiger partial charge in [-0.2, -0.15) is 0 Å². The molecule has 3 aromatic rings. The molecule has 1 fully saturated rings. The standard InChI is InChI=1S/C30H43N7O3/c1-5-14-39-20-27-33-17-22(18-34-27)23-10-11-24-28(36-26(31-3)19-32-24)29(23)40-15-12-21(6-2)16-35-30(38)25-9-7-8-13-37(25)4/h10-11,17-19,21,25H,5-9,12-16,20H2,1-4H3,(H,31,36)(H,35,38)/t21?,25-/m0/s1. The van der Waals surface area contributed by atoms with Gasteiger partial charge in [0, 0.05) is 43.7 Å². The number of carbonyl (C=O) groups excluding carboxylic acids is 1. The Labute approximate surface area is 237 Å². The van der Waals surface area contributed by atoms with Crippen molar-refractivity contribution in [3.63, 3.8) is 0 Å². The Bertz CT molecular complexity index is 1240. The van der Waals surface area contributed by atoms with Gasteiger partial charge in [0.25, 0.3) is 0 Å². The van der Waals surface area contributed by atoms with Gasteiger partial charge in [-0.1, -0.05) is 26.7 Å². The minimum absolute atomic E-state index is 0.0208. The number of piperidine rings is 1. The number of fused-ring (bicyclic) bond motifs is 1. The van der Waals surface area contributed by atoms with Gasteiger partial charge in [-0.15, -0.1) is 0 Å². The largest absolute Gasteiger partial charge is 0.491 e. The van der Waals surface area contributed by atoms with E-state index in [0.717, 1.165) is 61.7 Å². The molecule has 1 aliphatic rings. The van der Waals surface area contributed by atoms with Crippen LogP contribution in [-0.4, -0.2) is 77.2 Å². The summed E-state index contributed by atoms with van der Waals surface area (Å²) in [6.07, 6.45) is 11.2. The quantitative estimate of drug-likeness (QED) is 0.282. The van der Waals surface area contributed by atoms with E-state index in [1.165, 1.54) is 0 Å². The van der Waals surface area contributed by atoms with Crippen molar-refractivity contribution in [3.05, 3.63) is 36.5 Å². The van der Waals surface area contributed by atoms with Crippen molar-refractivity contribution in [1.82, 2.24) is 30.2 Å². The first-order valence-corrected chi connectivity index (χ1v) is 14.5. The Morgan fingerprint density at radius 3 is 2.67 bits per heavy atom. The Kier molecular flexibility index (Phi) is 11.0. The minimum Gasteiger partial charge on any atom is -0.491 e. The summed E-state index contributed by atoms with van der Waals surface area (Å²) in [6.45, 7) is 7.40. The van der Waals surface area contributed by atoms with Gasteiger partial charge in [0.2, 0.25) is 5.91 Å². The Morgan fingerprint density at radius 2 is 1.95 bits per heavy atom. The molecule has 40 heavy (non-hydrogen) atoms. The third-order valence-corrected chi connectivity index (χ3v) is 7.51. The molecule has 0 bridgehead atoms. The molecule has 1 unspecified atom stereocenters. The number of likely N-dealkylation sites (N-methyl/N-ethyl adjacent to an activating group) is 1. The zero-order valence-corrected chi connectivity index (χ0v) is 24.3. The maximum atomic E-state index is 12.8. The molecule has 216 valence electrons. The predicted octanol–water partition coefficient (Wildman–Crippen LogP) is 4.45. The number of nitrogens with one attached hydrogen (secondary N) is 2. The molecular formula is C30H43N7O3. The van der Waals surface area contributed by atoms with Gasteiger partial charge in [0.1, 0.15) is 17.9 Å². The van der Waals surface area contributed by atoms with Crippen molar-refractivity contribution in [2.75, 3.05) is 45.7 Å². The van der Waals surface area contributed by atoms with Gasteiger partial charge < -0.3 is 20.1 Å². The van der Waals surface area contributed by atoms with Crippen molar-refractivity contribution in [3.8, 4) is 16.9 Å². The highest BCUT2D eigenvalue weighted by molar-refractivity contribution is 5.90. The van der Waals surface area contributed by atoms with Crippen molar-refractivity contribution in [2.45, 2.75) is 65.0 Å². The van der Waals surface area contributed by atoms with Crippen LogP contribution in [0.1, 0.15) is 58.2 Å². The summed E-state index contributed by atoms with van der Waals surface area (Å²) in [4.78, 5) is 33.3. The molecule has 2 atom stereocenters. The first kappa shape index (κ1) is 29.6. The second-order valence-corrected chi connectivity index (χ2v) is 10.4. The SMILES string of the molecule is CCCOCc1ncc(-c2ccc3ncc(NC)nc3c2OCCC(CC)CNC(=O)[C@@H]2CCCCN2C)cn1. The third-order valence-electron chi connectivity index (χ3n) is 7.51. The molecule has 0 aliphatic carbocycles. The molecule has 0 spiro atoms. The summed E-state index contributed by atoms with van der Waals surface area (Å²) < 4.78 is 12.0. The number of likely N-dealkylation sites (tertiary alicyclic amines) is 1. The summed E-state index contributed by atoms with van der Waals surface area (Å²) in [5.41, 5.74) is 3.13. The number of aromatic nitrogens is 4. The number of carbonyl (C=O) groups is 1. The second kappa shape index (κ2) is 14.9. The zero-order chi connectivity index (χ0) is 28.3. The highest BCUT2D eigenvalue weighted by Crippen LogP contribution is 2.36. The van der Waals surface area contributed by atoms with Crippen molar-refractivity contribution in [1.29, 1.82) is 0 Å². The maximum Gasteiger partial charge on any atom is 0.237 e. The predicted molar refractivity (Wildman–Crippen MR) is 157 cm³/mol. The topological polar surface area (TPSA) is 114 Å². The number of nitrogens with zero attached hydrogens (tertiary/aromatic N) is 5. The molecule has 1 saturated heterocycles. The van der Waals surface area contributed by atoms with Crippen LogP contribution < -0.4 is 15.4 Å². The van der Waals surface area contributed by atoms with Crippen LogP contribution >= 0.6 is 0 Å². The molecule has 0 saturated carbocycles. The van der Waals surface area contributed by atoms with Crippen molar-refractivity contribution >= 4 is 22.8 Å². The van der Waals surface area contributed by atoms with Crippen LogP contribution in [0.25, 0.3) is 22.2 Å². The van der Waals surface area contributed by atoms with Crippen molar-refractivity contribution in [2.24, 2.45) is 5.92 Å². The Balaban J connectivity index is 1.47. The van der Waals surface area contributed by atoms with Crippen LogP contribution in [0.4, 0.5) is 5.82 Å². The number of hydrogen-bond donors (Lipinski definition) is 2. The number of ether oxygens (including phenoxy) is 2. The molecule has 10 heteroatoms. The zero-order valence-electron chi connectivity index (χ0n) is 24.3. The maximum absolute atomic E-state index is 12.8. The van der Waals surface area contributed by atoms with E-state index < -0.39 is 0 Å². The first-order chi connectivity index (χ1) is 19.5. The molecule has 4 rings (SSSR count). The lowest BCUT2D eigenvalue weighted by molar-refractivity contribution is -0.127. The summed E-state index contributed by atoms with van der Waals surface area (Å²) in [5, 5.41) is 6.26. The van der Waals surface area contributed by atoms with E-state index in [2.05, 4.69) is 44.3 Å². The van der Waals surface area contributed by atoms with Crippen LogP contribution in [0.3, 0.4) is 0 Å². The fourth-order valence-electron chi connectivity index (χ4n) is 4.97. The van der Waals surface area contributed by atoms with Crippen molar-refractivity contribution < 1.29 is 14.3 Å². The average Bonchev–Trinajstić information content (AvgIpc) is 2.99. The molecule has 2 aromatic heterocycles. The van der Waals surface area contributed by atoms with Gasteiger partial charge >= 0.3 is 0 Å². The molecular weight excluding hydrogens is 506 g/mol. The van der Waals surface area contributed by atoms with Gasteiger partial charge in [-0.05, 0) is 57.3 Å². The van der Waals surface area contributed by atoms with Crippen LogP contribution in [0.5, 0.6) is 5.75 Å². The fraction of sp³-hybridized carbons (Fsp3) is 0.567. The highest BCUT2D eigenvalue weighted by atomic mass is 16.5. The number of amides is 1. The average molecular weight is 550 g/mol.